The topological polar surface area (TPSA) is 86.6 Å². The van der Waals surface area contributed by atoms with Gasteiger partial charge >= 0.3 is 6.01 Å². The van der Waals surface area contributed by atoms with E-state index in [1.807, 2.05) is 36.4 Å². The summed E-state index contributed by atoms with van der Waals surface area (Å²) in [6, 6.07) is 12.3. The Balaban J connectivity index is 0.00000165. The van der Waals surface area contributed by atoms with Crippen LogP contribution in [0.2, 0.25) is 5.02 Å². The number of aromatic nitrogens is 3. The van der Waals surface area contributed by atoms with Crippen LogP contribution in [0.25, 0.3) is 32.9 Å². The number of benzene rings is 2. The van der Waals surface area contributed by atoms with E-state index in [4.69, 9.17) is 21.3 Å². The largest absolute Gasteiger partial charge is 0.459 e. The summed E-state index contributed by atoms with van der Waals surface area (Å²) in [4.78, 5) is 18.8. The Hall–Kier alpha value is -2.53. The van der Waals surface area contributed by atoms with Gasteiger partial charge in [-0.05, 0) is 43.7 Å². The molecule has 0 radical (unpaired) electrons. The monoisotopic (exact) mass is 646 g/mol. The Kier molecular flexibility index (Phi) is 8.34. The van der Waals surface area contributed by atoms with Crippen LogP contribution in [0, 0.1) is 5.82 Å². The lowest BCUT2D eigenvalue weighted by atomic mass is 9.94. The molecule has 4 aliphatic heterocycles. The summed E-state index contributed by atoms with van der Waals surface area (Å²) in [5.74, 6) is 0.146. The first-order valence-electron chi connectivity index (χ1n) is 14.6. The summed E-state index contributed by atoms with van der Waals surface area (Å²) in [6.45, 7) is 3.33. The van der Waals surface area contributed by atoms with Gasteiger partial charge in [-0.25, -0.2) is 4.39 Å². The van der Waals surface area contributed by atoms with Crippen molar-refractivity contribution in [1.82, 2.24) is 25.2 Å². The van der Waals surface area contributed by atoms with Crippen molar-refractivity contribution in [3.05, 3.63) is 53.4 Å². The Morgan fingerprint density at radius 1 is 1.07 bits per heavy atom. The Bertz CT molecular complexity index is 1660. The number of hydrogen-bond acceptors (Lipinski definition) is 8. The van der Waals surface area contributed by atoms with Crippen molar-refractivity contribution < 1.29 is 14.2 Å². The van der Waals surface area contributed by atoms with Crippen LogP contribution in [-0.4, -0.2) is 81.5 Å². The van der Waals surface area contributed by atoms with Crippen molar-refractivity contribution in [2.45, 2.75) is 55.8 Å². The second-order valence-corrected chi connectivity index (χ2v) is 12.5. The average Bonchev–Trinajstić information content (AvgIpc) is 3.64. The summed E-state index contributed by atoms with van der Waals surface area (Å²) >= 11 is 6.60. The highest BCUT2D eigenvalue weighted by molar-refractivity contribution is 6.36. The van der Waals surface area contributed by atoms with Gasteiger partial charge < -0.3 is 20.1 Å². The molecule has 2 unspecified atom stereocenters. The number of halogens is 4. The lowest BCUT2D eigenvalue weighted by Gasteiger charge is -2.34. The molecule has 6 heterocycles. The van der Waals surface area contributed by atoms with Crippen LogP contribution in [0.4, 0.5) is 10.2 Å². The van der Waals surface area contributed by atoms with Crippen molar-refractivity contribution in [3.8, 4) is 17.3 Å². The number of rotatable bonds is 5. The van der Waals surface area contributed by atoms with Crippen molar-refractivity contribution in [1.29, 1.82) is 0 Å². The van der Waals surface area contributed by atoms with E-state index in [2.05, 4.69) is 25.1 Å². The Morgan fingerprint density at radius 3 is 2.58 bits per heavy atom. The number of nitrogens with one attached hydrogen (secondary N) is 1. The summed E-state index contributed by atoms with van der Waals surface area (Å²) in [5, 5.41) is 16.6. The molecule has 2 N–H and O–H groups in total. The maximum absolute atomic E-state index is 16.6. The molecule has 4 saturated heterocycles. The standard InChI is InChI=1S/C31H32ClFN6O2.2ClH/c32-24-7-2-5-18-4-1-6-22(25(18)24)27-26(33)28-23(13-34-27)29(38-14-19-8-9-20(15-38)35-19)37-30(36-28)41-21-12-31(17-40)10-3-11-39(31)16-21;;/h1-2,4-7,13,19-21,35,40H,3,8-12,14-17H2;2*1H/t19-,20+,21?,31?;;. The van der Waals surface area contributed by atoms with Gasteiger partial charge in [-0.2, -0.15) is 9.97 Å². The average molecular weight is 648 g/mol. The van der Waals surface area contributed by atoms with Gasteiger partial charge in [0.25, 0.3) is 0 Å². The van der Waals surface area contributed by atoms with Gasteiger partial charge in [0.1, 0.15) is 23.1 Å². The number of aliphatic hydroxyl groups excluding tert-OH is 1. The SMILES string of the molecule is Cl.Cl.OCC12CCCN1CC(Oc1nc(N3C[C@H]4CC[C@@H](C3)N4)c3cnc(-c4cccc5cccc(Cl)c45)c(F)c3n1)C2. The minimum absolute atomic E-state index is 0. The zero-order valence-corrected chi connectivity index (χ0v) is 25.9. The highest BCUT2D eigenvalue weighted by atomic mass is 35.5. The molecular weight excluding hydrogens is 614 g/mol. The summed E-state index contributed by atoms with van der Waals surface area (Å²) in [6.07, 6.45) is 6.49. The van der Waals surface area contributed by atoms with E-state index in [-0.39, 0.29) is 60.3 Å². The van der Waals surface area contributed by atoms with Crippen LogP contribution in [0.5, 0.6) is 6.01 Å². The van der Waals surface area contributed by atoms with Gasteiger partial charge in [-0.1, -0.05) is 41.9 Å². The number of aliphatic hydroxyl groups is 1. The zero-order chi connectivity index (χ0) is 27.7. The molecule has 12 heteroatoms. The Morgan fingerprint density at radius 2 is 1.84 bits per heavy atom. The number of ether oxygens (including phenoxy) is 1. The lowest BCUT2D eigenvalue weighted by Crippen LogP contribution is -2.51. The third-order valence-corrected chi connectivity index (χ3v) is 9.92. The molecule has 4 fully saturated rings. The first kappa shape index (κ1) is 30.5. The van der Waals surface area contributed by atoms with Gasteiger partial charge in [0.15, 0.2) is 5.82 Å². The molecular formula is C31H34Cl3FN6O2. The number of hydrogen-bond donors (Lipinski definition) is 2. The van der Waals surface area contributed by atoms with Gasteiger partial charge in [0, 0.05) is 65.8 Å². The third kappa shape index (κ3) is 5.08. The molecule has 0 aliphatic carbocycles. The molecule has 0 saturated carbocycles. The normalized spacial score (nSPS) is 26.4. The van der Waals surface area contributed by atoms with Crippen LogP contribution in [0.15, 0.2) is 42.6 Å². The smallest absolute Gasteiger partial charge is 0.319 e. The highest BCUT2D eigenvalue weighted by Gasteiger charge is 2.49. The second-order valence-electron chi connectivity index (χ2n) is 12.1. The molecule has 8 rings (SSSR count). The first-order valence-corrected chi connectivity index (χ1v) is 15.0. The van der Waals surface area contributed by atoms with E-state index in [0.29, 0.717) is 46.8 Å². The molecule has 2 aromatic carbocycles. The third-order valence-electron chi connectivity index (χ3n) is 9.61. The molecule has 4 atom stereocenters. The summed E-state index contributed by atoms with van der Waals surface area (Å²) < 4.78 is 23.0. The quantitative estimate of drug-likeness (QED) is 0.298. The van der Waals surface area contributed by atoms with E-state index < -0.39 is 5.82 Å². The molecule has 4 aromatic rings. The van der Waals surface area contributed by atoms with Gasteiger partial charge in [-0.3, -0.25) is 9.88 Å². The van der Waals surface area contributed by atoms with Crippen molar-refractivity contribution in [3.63, 3.8) is 0 Å². The number of pyridine rings is 1. The van der Waals surface area contributed by atoms with Crippen LogP contribution in [0.3, 0.4) is 0 Å². The minimum atomic E-state index is -0.514. The van der Waals surface area contributed by atoms with Crippen molar-refractivity contribution in [2.24, 2.45) is 0 Å². The van der Waals surface area contributed by atoms with Crippen LogP contribution in [-0.2, 0) is 0 Å². The first-order chi connectivity index (χ1) is 20.0. The molecule has 2 aromatic heterocycles. The van der Waals surface area contributed by atoms with Gasteiger partial charge in [-0.15, -0.1) is 24.8 Å². The number of nitrogens with zero attached hydrogens (tertiary/aromatic N) is 5. The predicted octanol–water partition coefficient (Wildman–Crippen LogP) is 5.40. The second kappa shape index (κ2) is 11.8. The number of anilines is 1. The molecule has 228 valence electrons. The van der Waals surface area contributed by atoms with Crippen LogP contribution in [0.1, 0.15) is 32.1 Å². The molecule has 4 aliphatic rings. The maximum Gasteiger partial charge on any atom is 0.319 e. The van der Waals surface area contributed by atoms with E-state index in [9.17, 15) is 5.11 Å². The molecule has 2 bridgehead atoms. The number of fused-ring (bicyclic) bond motifs is 5. The fraction of sp³-hybridized carbons (Fsp3) is 0.452. The van der Waals surface area contributed by atoms with Gasteiger partial charge in [0.2, 0.25) is 0 Å². The fourth-order valence-electron chi connectivity index (χ4n) is 7.68. The Labute approximate surface area is 266 Å². The fourth-order valence-corrected chi connectivity index (χ4v) is 7.97. The molecule has 0 amide bonds. The molecule has 8 nitrogen and oxygen atoms in total. The van der Waals surface area contributed by atoms with Gasteiger partial charge in [0.05, 0.1) is 12.0 Å². The predicted molar refractivity (Wildman–Crippen MR) is 172 cm³/mol. The zero-order valence-electron chi connectivity index (χ0n) is 23.5. The maximum atomic E-state index is 16.6. The van der Waals surface area contributed by atoms with Crippen molar-refractivity contribution in [2.75, 3.05) is 37.7 Å². The highest BCUT2D eigenvalue weighted by Crippen LogP contribution is 2.41. The summed E-state index contributed by atoms with van der Waals surface area (Å²) in [5.41, 5.74) is 0.780. The lowest BCUT2D eigenvalue weighted by molar-refractivity contribution is 0.0992. The van der Waals surface area contributed by atoms with Crippen molar-refractivity contribution >= 4 is 63.9 Å². The number of piperazine rings is 1. The molecule has 43 heavy (non-hydrogen) atoms. The molecule has 0 spiro atoms. The van der Waals surface area contributed by atoms with E-state index >= 15 is 4.39 Å². The summed E-state index contributed by atoms with van der Waals surface area (Å²) in [7, 11) is 0. The minimum Gasteiger partial charge on any atom is -0.459 e. The van der Waals surface area contributed by atoms with E-state index in [0.717, 1.165) is 56.1 Å². The van der Waals surface area contributed by atoms with Crippen LogP contribution >= 0.6 is 36.4 Å². The van der Waals surface area contributed by atoms with Crippen LogP contribution < -0.4 is 15.0 Å². The van der Waals surface area contributed by atoms with E-state index in [1.165, 1.54) is 0 Å². The van der Waals surface area contributed by atoms with E-state index in [1.54, 1.807) is 6.20 Å².